The third-order valence-electron chi connectivity index (χ3n) is 4.32. The van der Waals surface area contributed by atoms with Gasteiger partial charge in [-0.25, -0.2) is 4.98 Å². The van der Waals surface area contributed by atoms with E-state index in [0.717, 1.165) is 62.5 Å². The molecule has 6 heteroatoms. The first-order valence-corrected chi connectivity index (χ1v) is 8.59. The average molecular weight is 315 g/mol. The summed E-state index contributed by atoms with van der Waals surface area (Å²) in [7, 11) is 0. The molecule has 0 unspecified atom stereocenters. The van der Waals surface area contributed by atoms with Crippen LogP contribution >= 0.6 is 0 Å². The van der Waals surface area contributed by atoms with Crippen LogP contribution in [0.25, 0.3) is 5.65 Å². The first kappa shape index (κ1) is 15.8. The van der Waals surface area contributed by atoms with Crippen molar-refractivity contribution in [3.8, 4) is 0 Å². The fraction of sp³-hybridized carbons (Fsp3) is 0.588. The SMILES string of the molecule is CCCCN1CCN(c2cc(CCC)nc3ccnn23)CC1=O. The highest BCUT2D eigenvalue weighted by atomic mass is 16.2. The number of carbonyl (C=O) groups is 1. The Morgan fingerprint density at radius 3 is 2.83 bits per heavy atom. The maximum Gasteiger partial charge on any atom is 0.242 e. The second kappa shape index (κ2) is 6.98. The van der Waals surface area contributed by atoms with E-state index in [1.165, 1.54) is 0 Å². The number of aryl methyl sites for hydroxylation is 1. The Bertz CT molecular complexity index is 681. The Morgan fingerprint density at radius 2 is 2.09 bits per heavy atom. The summed E-state index contributed by atoms with van der Waals surface area (Å²) in [5.74, 6) is 1.19. The summed E-state index contributed by atoms with van der Waals surface area (Å²) >= 11 is 0. The highest BCUT2D eigenvalue weighted by Gasteiger charge is 2.25. The molecule has 0 spiro atoms. The first-order valence-electron chi connectivity index (χ1n) is 8.59. The predicted octanol–water partition coefficient (Wildman–Crippen LogP) is 2.13. The van der Waals surface area contributed by atoms with Gasteiger partial charge in [-0.15, -0.1) is 0 Å². The third-order valence-corrected chi connectivity index (χ3v) is 4.32. The Morgan fingerprint density at radius 1 is 1.22 bits per heavy atom. The van der Waals surface area contributed by atoms with Crippen molar-refractivity contribution in [1.29, 1.82) is 0 Å². The van der Waals surface area contributed by atoms with Crippen molar-refractivity contribution in [2.75, 3.05) is 31.1 Å². The molecule has 2 aromatic rings. The van der Waals surface area contributed by atoms with Gasteiger partial charge in [0, 0.05) is 37.5 Å². The van der Waals surface area contributed by atoms with Gasteiger partial charge in [-0.05, 0) is 12.8 Å². The zero-order chi connectivity index (χ0) is 16.2. The van der Waals surface area contributed by atoms with Crippen LogP contribution < -0.4 is 4.90 Å². The van der Waals surface area contributed by atoms with Crippen molar-refractivity contribution in [3.05, 3.63) is 24.0 Å². The number of hydrogen-bond donors (Lipinski definition) is 0. The molecule has 0 radical (unpaired) electrons. The molecule has 0 N–H and O–H groups in total. The van der Waals surface area contributed by atoms with Gasteiger partial charge in [-0.3, -0.25) is 4.79 Å². The lowest BCUT2D eigenvalue weighted by atomic mass is 10.2. The summed E-state index contributed by atoms with van der Waals surface area (Å²) in [4.78, 5) is 21.2. The largest absolute Gasteiger partial charge is 0.345 e. The molecule has 0 saturated carbocycles. The molecule has 1 aliphatic rings. The van der Waals surface area contributed by atoms with Gasteiger partial charge in [0.15, 0.2) is 5.65 Å². The molecule has 124 valence electrons. The fourth-order valence-electron chi connectivity index (χ4n) is 3.05. The minimum Gasteiger partial charge on any atom is -0.345 e. The Kier molecular flexibility index (Phi) is 4.79. The van der Waals surface area contributed by atoms with Gasteiger partial charge in [0.05, 0.1) is 12.7 Å². The predicted molar refractivity (Wildman–Crippen MR) is 90.7 cm³/mol. The zero-order valence-electron chi connectivity index (χ0n) is 14.0. The van der Waals surface area contributed by atoms with Crippen LogP contribution in [0.4, 0.5) is 5.82 Å². The molecular formula is C17H25N5O. The fourth-order valence-corrected chi connectivity index (χ4v) is 3.05. The second-order valence-corrected chi connectivity index (χ2v) is 6.11. The number of piperazine rings is 1. The quantitative estimate of drug-likeness (QED) is 0.819. The van der Waals surface area contributed by atoms with Gasteiger partial charge < -0.3 is 9.80 Å². The van der Waals surface area contributed by atoms with Gasteiger partial charge in [-0.1, -0.05) is 26.7 Å². The van der Waals surface area contributed by atoms with E-state index >= 15 is 0 Å². The van der Waals surface area contributed by atoms with Gasteiger partial charge in [0.1, 0.15) is 5.82 Å². The van der Waals surface area contributed by atoms with E-state index in [4.69, 9.17) is 0 Å². The van der Waals surface area contributed by atoms with E-state index in [1.807, 2.05) is 15.5 Å². The lowest BCUT2D eigenvalue weighted by Gasteiger charge is -2.35. The third kappa shape index (κ3) is 3.30. The van der Waals surface area contributed by atoms with Crippen molar-refractivity contribution in [2.45, 2.75) is 39.5 Å². The summed E-state index contributed by atoms with van der Waals surface area (Å²) in [6.07, 6.45) is 5.96. The molecule has 0 aromatic carbocycles. The highest BCUT2D eigenvalue weighted by Crippen LogP contribution is 2.20. The van der Waals surface area contributed by atoms with Crippen LogP contribution in [-0.4, -0.2) is 51.6 Å². The molecule has 1 fully saturated rings. The van der Waals surface area contributed by atoms with Crippen molar-refractivity contribution in [3.63, 3.8) is 0 Å². The normalized spacial score (nSPS) is 15.7. The molecule has 0 aliphatic carbocycles. The standard InChI is InChI=1S/C17H25N5O/c1-3-5-9-20-10-11-21(13-17(20)23)16-12-14(6-4-2)19-15-7-8-18-22(15)16/h7-8,12H,3-6,9-11,13H2,1-2H3. The Balaban J connectivity index is 1.83. The number of nitrogens with zero attached hydrogens (tertiary/aromatic N) is 5. The number of fused-ring (bicyclic) bond motifs is 1. The minimum absolute atomic E-state index is 0.207. The van der Waals surface area contributed by atoms with Crippen molar-refractivity contribution >= 4 is 17.4 Å². The van der Waals surface area contributed by atoms with Gasteiger partial charge in [0.25, 0.3) is 0 Å². The Hall–Kier alpha value is -2.11. The topological polar surface area (TPSA) is 53.7 Å². The number of carbonyl (C=O) groups excluding carboxylic acids is 1. The molecular weight excluding hydrogens is 290 g/mol. The molecule has 3 rings (SSSR count). The van der Waals surface area contributed by atoms with Crippen LogP contribution in [0, 0.1) is 0 Å². The molecule has 0 bridgehead atoms. The van der Waals surface area contributed by atoms with E-state index in [0.29, 0.717) is 6.54 Å². The summed E-state index contributed by atoms with van der Waals surface area (Å²) in [6.45, 7) is 7.23. The number of anilines is 1. The molecule has 1 amide bonds. The van der Waals surface area contributed by atoms with Crippen LogP contribution in [-0.2, 0) is 11.2 Å². The summed E-state index contributed by atoms with van der Waals surface area (Å²) in [5, 5.41) is 4.38. The average Bonchev–Trinajstić information content (AvgIpc) is 3.01. The lowest BCUT2D eigenvalue weighted by Crippen LogP contribution is -2.51. The van der Waals surface area contributed by atoms with Crippen LogP contribution in [0.5, 0.6) is 0 Å². The van der Waals surface area contributed by atoms with Crippen LogP contribution in [0.15, 0.2) is 18.3 Å². The summed E-state index contributed by atoms with van der Waals surface area (Å²) in [5.41, 5.74) is 1.92. The molecule has 3 heterocycles. The van der Waals surface area contributed by atoms with Crippen molar-refractivity contribution in [1.82, 2.24) is 19.5 Å². The van der Waals surface area contributed by atoms with E-state index in [-0.39, 0.29) is 5.91 Å². The minimum atomic E-state index is 0.207. The van der Waals surface area contributed by atoms with Gasteiger partial charge >= 0.3 is 0 Å². The highest BCUT2D eigenvalue weighted by molar-refractivity contribution is 5.82. The monoisotopic (exact) mass is 315 g/mol. The number of aromatic nitrogens is 3. The molecule has 23 heavy (non-hydrogen) atoms. The van der Waals surface area contributed by atoms with Crippen molar-refractivity contribution < 1.29 is 4.79 Å². The van der Waals surface area contributed by atoms with Gasteiger partial charge in [0.2, 0.25) is 5.91 Å². The maximum absolute atomic E-state index is 12.4. The lowest BCUT2D eigenvalue weighted by molar-refractivity contribution is -0.131. The molecule has 6 nitrogen and oxygen atoms in total. The number of rotatable bonds is 6. The maximum atomic E-state index is 12.4. The summed E-state index contributed by atoms with van der Waals surface area (Å²) < 4.78 is 1.84. The second-order valence-electron chi connectivity index (χ2n) is 6.11. The summed E-state index contributed by atoms with van der Waals surface area (Å²) in [6, 6.07) is 4.00. The number of hydrogen-bond acceptors (Lipinski definition) is 4. The van der Waals surface area contributed by atoms with E-state index in [2.05, 4.69) is 34.9 Å². The molecule has 2 aromatic heterocycles. The number of unbranched alkanes of at least 4 members (excludes halogenated alkanes) is 1. The van der Waals surface area contributed by atoms with Crippen LogP contribution in [0.2, 0.25) is 0 Å². The van der Waals surface area contributed by atoms with Crippen molar-refractivity contribution in [2.24, 2.45) is 0 Å². The Labute approximate surface area is 137 Å². The molecule has 0 atom stereocenters. The zero-order valence-corrected chi connectivity index (χ0v) is 14.0. The van der Waals surface area contributed by atoms with Crippen LogP contribution in [0.3, 0.4) is 0 Å². The van der Waals surface area contributed by atoms with Gasteiger partial charge in [-0.2, -0.15) is 9.61 Å². The number of amides is 1. The van der Waals surface area contributed by atoms with Crippen LogP contribution in [0.1, 0.15) is 38.8 Å². The van der Waals surface area contributed by atoms with E-state index in [1.54, 1.807) is 6.20 Å². The molecule has 1 saturated heterocycles. The van der Waals surface area contributed by atoms with E-state index in [9.17, 15) is 4.79 Å². The van der Waals surface area contributed by atoms with E-state index < -0.39 is 0 Å². The smallest absolute Gasteiger partial charge is 0.242 e. The molecule has 1 aliphatic heterocycles. The first-order chi connectivity index (χ1) is 11.2.